The van der Waals surface area contributed by atoms with E-state index < -0.39 is 41.5 Å². The summed E-state index contributed by atoms with van der Waals surface area (Å²) < 4.78 is 5.25. The molecule has 0 aliphatic heterocycles. The molecule has 0 saturated carbocycles. The van der Waals surface area contributed by atoms with Gasteiger partial charge in [-0.1, -0.05) is 30.3 Å². The summed E-state index contributed by atoms with van der Waals surface area (Å²) in [5.41, 5.74) is 7.43. The standard InChI is InChI=1S/C25H28N4O5/c1-14-11-22(30)34-21-13-18(9-10-19(14)21)28-25(33)20(12-17-7-5-4-6-8-17)29-24(32)16(3)27-23(31)15(2)26/h4-11,13,15-16,20H,12,26H2,1-3H3,(H,27,31)(H,28,33)(H,29,32)/t15-,16+,20-/m0/s1. The summed E-state index contributed by atoms with van der Waals surface area (Å²) >= 11 is 0. The number of fused-ring (bicyclic) bond motifs is 1. The zero-order valence-corrected chi connectivity index (χ0v) is 19.3. The molecule has 0 saturated heterocycles. The maximum atomic E-state index is 13.1. The molecule has 3 atom stereocenters. The molecule has 1 heterocycles. The van der Waals surface area contributed by atoms with Crippen molar-refractivity contribution in [3.8, 4) is 0 Å². The minimum Gasteiger partial charge on any atom is -0.423 e. The molecule has 3 amide bonds. The quantitative estimate of drug-likeness (QED) is 0.373. The van der Waals surface area contributed by atoms with Crippen LogP contribution in [-0.4, -0.2) is 35.8 Å². The van der Waals surface area contributed by atoms with Gasteiger partial charge >= 0.3 is 5.63 Å². The molecule has 2 aromatic carbocycles. The highest BCUT2D eigenvalue weighted by atomic mass is 16.4. The maximum absolute atomic E-state index is 13.1. The van der Waals surface area contributed by atoms with Crippen molar-refractivity contribution in [3.63, 3.8) is 0 Å². The molecular formula is C25H28N4O5. The van der Waals surface area contributed by atoms with Crippen LogP contribution in [0.25, 0.3) is 11.0 Å². The van der Waals surface area contributed by atoms with Crippen molar-refractivity contribution in [1.29, 1.82) is 0 Å². The van der Waals surface area contributed by atoms with Gasteiger partial charge in [-0.3, -0.25) is 14.4 Å². The summed E-state index contributed by atoms with van der Waals surface area (Å²) in [6, 6.07) is 13.1. The Hall–Kier alpha value is -3.98. The molecule has 0 spiro atoms. The van der Waals surface area contributed by atoms with Crippen LogP contribution in [0.4, 0.5) is 5.69 Å². The molecule has 0 aliphatic rings. The van der Waals surface area contributed by atoms with Gasteiger partial charge in [0.2, 0.25) is 17.7 Å². The number of amides is 3. The lowest BCUT2D eigenvalue weighted by atomic mass is 10.0. The lowest BCUT2D eigenvalue weighted by molar-refractivity contribution is -0.130. The molecule has 9 heteroatoms. The van der Waals surface area contributed by atoms with E-state index in [9.17, 15) is 19.2 Å². The van der Waals surface area contributed by atoms with E-state index in [1.54, 1.807) is 25.1 Å². The fourth-order valence-electron chi connectivity index (χ4n) is 3.40. The van der Waals surface area contributed by atoms with Crippen LogP contribution in [0, 0.1) is 6.92 Å². The van der Waals surface area contributed by atoms with Crippen LogP contribution in [0.3, 0.4) is 0 Å². The Kier molecular flexibility index (Phi) is 7.80. The largest absolute Gasteiger partial charge is 0.423 e. The van der Waals surface area contributed by atoms with E-state index in [0.29, 0.717) is 11.3 Å². The number of benzene rings is 2. The third kappa shape index (κ3) is 6.29. The first-order chi connectivity index (χ1) is 16.1. The second-order valence-corrected chi connectivity index (χ2v) is 8.22. The van der Waals surface area contributed by atoms with Crippen molar-refractivity contribution in [1.82, 2.24) is 10.6 Å². The molecule has 5 N–H and O–H groups in total. The van der Waals surface area contributed by atoms with E-state index in [2.05, 4.69) is 16.0 Å². The zero-order chi connectivity index (χ0) is 24.8. The number of carbonyl (C=O) groups is 3. The second-order valence-electron chi connectivity index (χ2n) is 8.22. The lowest BCUT2D eigenvalue weighted by Gasteiger charge is -2.22. The molecule has 178 valence electrons. The molecule has 3 rings (SSSR count). The van der Waals surface area contributed by atoms with Crippen LogP contribution in [0.15, 0.2) is 63.8 Å². The van der Waals surface area contributed by atoms with Crippen LogP contribution >= 0.6 is 0 Å². The number of hydrogen-bond donors (Lipinski definition) is 4. The van der Waals surface area contributed by atoms with Crippen molar-refractivity contribution in [3.05, 3.63) is 76.1 Å². The number of nitrogens with two attached hydrogens (primary N) is 1. The van der Waals surface area contributed by atoms with E-state index in [1.807, 2.05) is 30.3 Å². The molecule has 9 nitrogen and oxygen atoms in total. The number of hydrogen-bond acceptors (Lipinski definition) is 6. The Balaban J connectivity index is 1.80. The van der Waals surface area contributed by atoms with Gasteiger partial charge in [-0.2, -0.15) is 0 Å². The summed E-state index contributed by atoms with van der Waals surface area (Å²) in [5.74, 6) is -1.46. The number of rotatable bonds is 8. The fraction of sp³-hybridized carbons (Fsp3) is 0.280. The van der Waals surface area contributed by atoms with Crippen LogP contribution in [0.5, 0.6) is 0 Å². The van der Waals surface area contributed by atoms with Crippen molar-refractivity contribution in [2.24, 2.45) is 5.73 Å². The van der Waals surface area contributed by atoms with E-state index in [0.717, 1.165) is 16.5 Å². The summed E-state index contributed by atoms with van der Waals surface area (Å²) in [5, 5.41) is 8.75. The van der Waals surface area contributed by atoms with E-state index >= 15 is 0 Å². The highest BCUT2D eigenvalue weighted by Gasteiger charge is 2.25. The van der Waals surface area contributed by atoms with E-state index in [1.165, 1.54) is 19.9 Å². The molecule has 0 fully saturated rings. The summed E-state index contributed by atoms with van der Waals surface area (Å²) in [6.07, 6.45) is 0.230. The third-order valence-corrected chi connectivity index (χ3v) is 5.30. The highest BCUT2D eigenvalue weighted by molar-refractivity contribution is 5.99. The van der Waals surface area contributed by atoms with Crippen LogP contribution in [-0.2, 0) is 20.8 Å². The SMILES string of the molecule is Cc1cc(=O)oc2cc(NC(=O)[C@H](Cc3ccccc3)NC(=O)[C@@H](C)NC(=O)[C@H](C)N)ccc12. The van der Waals surface area contributed by atoms with Gasteiger partial charge in [0.05, 0.1) is 6.04 Å². The molecule has 0 aliphatic carbocycles. The summed E-state index contributed by atoms with van der Waals surface area (Å²) in [6.45, 7) is 4.83. The van der Waals surface area contributed by atoms with Crippen molar-refractivity contribution < 1.29 is 18.8 Å². The van der Waals surface area contributed by atoms with Crippen LogP contribution in [0.2, 0.25) is 0 Å². The topological polar surface area (TPSA) is 144 Å². The molecule has 1 aromatic heterocycles. The molecule has 3 aromatic rings. The smallest absolute Gasteiger partial charge is 0.336 e. The normalized spacial score (nSPS) is 13.5. The fourth-order valence-corrected chi connectivity index (χ4v) is 3.40. The third-order valence-electron chi connectivity index (χ3n) is 5.30. The highest BCUT2D eigenvalue weighted by Crippen LogP contribution is 2.21. The minimum atomic E-state index is -0.926. The Bertz CT molecular complexity index is 1250. The first kappa shape index (κ1) is 24.7. The van der Waals surface area contributed by atoms with Gasteiger partial charge in [-0.05, 0) is 44.0 Å². The minimum absolute atomic E-state index is 0.230. The maximum Gasteiger partial charge on any atom is 0.336 e. The Morgan fingerprint density at radius 1 is 0.941 bits per heavy atom. The lowest BCUT2D eigenvalue weighted by Crippen LogP contribution is -2.54. The molecule has 0 unspecified atom stereocenters. The Labute approximate surface area is 196 Å². The second kappa shape index (κ2) is 10.8. The Morgan fingerprint density at radius 3 is 2.32 bits per heavy atom. The molecule has 0 bridgehead atoms. The van der Waals surface area contributed by atoms with Gasteiger partial charge in [0, 0.05) is 29.6 Å². The number of nitrogens with one attached hydrogen (secondary N) is 3. The first-order valence-corrected chi connectivity index (χ1v) is 10.9. The summed E-state index contributed by atoms with van der Waals surface area (Å²) in [7, 11) is 0. The number of anilines is 1. The zero-order valence-electron chi connectivity index (χ0n) is 19.3. The van der Waals surface area contributed by atoms with Crippen LogP contribution in [0.1, 0.15) is 25.0 Å². The molecule has 34 heavy (non-hydrogen) atoms. The van der Waals surface area contributed by atoms with Gasteiger partial charge in [0.25, 0.3) is 0 Å². The van der Waals surface area contributed by atoms with Crippen LogP contribution < -0.4 is 27.3 Å². The van der Waals surface area contributed by atoms with Gasteiger partial charge in [-0.15, -0.1) is 0 Å². The monoisotopic (exact) mass is 464 g/mol. The average Bonchev–Trinajstić information content (AvgIpc) is 2.78. The van der Waals surface area contributed by atoms with Gasteiger partial charge in [0.15, 0.2) is 0 Å². The van der Waals surface area contributed by atoms with E-state index in [4.69, 9.17) is 10.2 Å². The number of aryl methyl sites for hydroxylation is 1. The van der Waals surface area contributed by atoms with Crippen molar-refractivity contribution in [2.45, 2.75) is 45.3 Å². The summed E-state index contributed by atoms with van der Waals surface area (Å²) in [4.78, 5) is 49.4. The van der Waals surface area contributed by atoms with Crippen molar-refractivity contribution >= 4 is 34.4 Å². The van der Waals surface area contributed by atoms with Gasteiger partial charge in [0.1, 0.15) is 17.7 Å². The van der Waals surface area contributed by atoms with Gasteiger partial charge < -0.3 is 26.1 Å². The average molecular weight is 465 g/mol. The van der Waals surface area contributed by atoms with Gasteiger partial charge in [-0.25, -0.2) is 4.79 Å². The Morgan fingerprint density at radius 2 is 1.65 bits per heavy atom. The van der Waals surface area contributed by atoms with E-state index in [-0.39, 0.29) is 6.42 Å². The molecular weight excluding hydrogens is 436 g/mol. The predicted molar refractivity (Wildman–Crippen MR) is 129 cm³/mol. The molecule has 0 radical (unpaired) electrons. The van der Waals surface area contributed by atoms with Crippen molar-refractivity contribution in [2.75, 3.05) is 5.32 Å². The predicted octanol–water partition coefficient (Wildman–Crippen LogP) is 1.62. The number of carbonyl (C=O) groups excluding carboxylic acids is 3. The first-order valence-electron chi connectivity index (χ1n) is 10.9.